The van der Waals surface area contributed by atoms with E-state index in [2.05, 4.69) is 15.5 Å². The average Bonchev–Trinajstić information content (AvgIpc) is 2.45. The van der Waals surface area contributed by atoms with Crippen LogP contribution in [0, 0.1) is 0 Å². The Hall–Kier alpha value is -1.63. The van der Waals surface area contributed by atoms with Crippen LogP contribution in [0.4, 0.5) is 4.79 Å². The van der Waals surface area contributed by atoms with Crippen LogP contribution in [0.3, 0.4) is 0 Å². The molecule has 7 heteroatoms. The predicted octanol–water partition coefficient (Wildman–Crippen LogP) is 0.871. The number of imide groups is 1. The standard InChI is InChI=1S/C14H19ClN4O2/c15-11-4-2-1-3-10(11)12-9-17-6-8-19(12)7-5-13(20)18-14(16)21/h1-4,12,17H,5-9H2,(H3,16,18,20,21). The number of rotatable bonds is 4. The SMILES string of the molecule is NC(=O)NC(=O)CCN1CCNCC1c1ccccc1Cl. The molecule has 1 aliphatic rings. The molecule has 2 rings (SSSR count). The number of amides is 3. The molecule has 1 aromatic carbocycles. The molecule has 3 amide bonds. The van der Waals surface area contributed by atoms with Crippen LogP contribution in [0.15, 0.2) is 24.3 Å². The second-order valence-electron chi connectivity index (χ2n) is 4.94. The summed E-state index contributed by atoms with van der Waals surface area (Å²) in [7, 11) is 0. The third kappa shape index (κ3) is 4.42. The Balaban J connectivity index is 2.01. The number of benzene rings is 1. The number of hydrogen-bond donors (Lipinski definition) is 3. The first-order valence-electron chi connectivity index (χ1n) is 6.86. The van der Waals surface area contributed by atoms with Gasteiger partial charge < -0.3 is 11.1 Å². The molecule has 0 aliphatic carbocycles. The first kappa shape index (κ1) is 15.8. The van der Waals surface area contributed by atoms with E-state index in [9.17, 15) is 9.59 Å². The number of nitrogens with two attached hydrogens (primary N) is 1. The summed E-state index contributed by atoms with van der Waals surface area (Å²) in [6, 6.07) is 7.01. The van der Waals surface area contributed by atoms with E-state index in [4.69, 9.17) is 17.3 Å². The van der Waals surface area contributed by atoms with E-state index in [0.717, 1.165) is 30.2 Å². The number of primary amides is 1. The molecule has 1 fully saturated rings. The topological polar surface area (TPSA) is 87.5 Å². The Labute approximate surface area is 128 Å². The summed E-state index contributed by atoms with van der Waals surface area (Å²) < 4.78 is 0. The molecule has 1 atom stereocenters. The summed E-state index contributed by atoms with van der Waals surface area (Å²) in [5.74, 6) is -0.362. The molecule has 1 unspecified atom stereocenters. The van der Waals surface area contributed by atoms with Gasteiger partial charge in [-0.25, -0.2) is 4.79 Å². The van der Waals surface area contributed by atoms with Crippen molar-refractivity contribution in [3.8, 4) is 0 Å². The summed E-state index contributed by atoms with van der Waals surface area (Å²) in [5.41, 5.74) is 5.97. The van der Waals surface area contributed by atoms with Gasteiger partial charge in [-0.2, -0.15) is 0 Å². The van der Waals surface area contributed by atoms with Crippen LogP contribution in [-0.2, 0) is 4.79 Å². The highest BCUT2D eigenvalue weighted by Gasteiger charge is 2.25. The van der Waals surface area contributed by atoms with E-state index in [0.29, 0.717) is 6.54 Å². The molecule has 0 saturated carbocycles. The smallest absolute Gasteiger partial charge is 0.318 e. The maximum absolute atomic E-state index is 11.5. The molecular formula is C14H19ClN4O2. The maximum atomic E-state index is 11.5. The van der Waals surface area contributed by atoms with Gasteiger partial charge in [0.15, 0.2) is 0 Å². The minimum absolute atomic E-state index is 0.119. The summed E-state index contributed by atoms with van der Waals surface area (Å²) >= 11 is 6.26. The van der Waals surface area contributed by atoms with E-state index in [-0.39, 0.29) is 18.4 Å². The normalized spacial score (nSPS) is 19.2. The fourth-order valence-corrected chi connectivity index (χ4v) is 2.77. The van der Waals surface area contributed by atoms with Gasteiger partial charge in [-0.05, 0) is 11.6 Å². The second-order valence-corrected chi connectivity index (χ2v) is 5.35. The Morgan fingerprint density at radius 3 is 2.90 bits per heavy atom. The molecule has 4 N–H and O–H groups in total. The number of nitrogens with one attached hydrogen (secondary N) is 2. The number of halogens is 1. The van der Waals surface area contributed by atoms with Crippen molar-refractivity contribution < 1.29 is 9.59 Å². The van der Waals surface area contributed by atoms with E-state index in [1.165, 1.54) is 0 Å². The molecule has 114 valence electrons. The van der Waals surface area contributed by atoms with Gasteiger partial charge in [-0.15, -0.1) is 0 Å². The lowest BCUT2D eigenvalue weighted by atomic mass is 10.0. The lowest BCUT2D eigenvalue weighted by molar-refractivity contribution is -0.120. The summed E-state index contributed by atoms with van der Waals surface area (Å²) in [4.78, 5) is 24.4. The number of urea groups is 1. The lowest BCUT2D eigenvalue weighted by Crippen LogP contribution is -2.47. The predicted molar refractivity (Wildman–Crippen MR) is 81.0 cm³/mol. The van der Waals surface area contributed by atoms with Crippen molar-refractivity contribution in [2.24, 2.45) is 5.73 Å². The maximum Gasteiger partial charge on any atom is 0.318 e. The van der Waals surface area contributed by atoms with Gasteiger partial charge in [-0.3, -0.25) is 15.0 Å². The fourth-order valence-electron chi connectivity index (χ4n) is 2.51. The quantitative estimate of drug-likeness (QED) is 0.770. The van der Waals surface area contributed by atoms with Crippen molar-refractivity contribution in [3.05, 3.63) is 34.9 Å². The van der Waals surface area contributed by atoms with Crippen molar-refractivity contribution in [3.63, 3.8) is 0 Å². The number of piperazine rings is 1. The fraction of sp³-hybridized carbons (Fsp3) is 0.429. The third-order valence-electron chi connectivity index (χ3n) is 3.51. The van der Waals surface area contributed by atoms with Crippen molar-refractivity contribution in [1.29, 1.82) is 0 Å². The van der Waals surface area contributed by atoms with Crippen LogP contribution >= 0.6 is 11.6 Å². The second kappa shape index (κ2) is 7.40. The van der Waals surface area contributed by atoms with Crippen molar-refractivity contribution in [1.82, 2.24) is 15.5 Å². The number of carbonyl (C=O) groups is 2. The zero-order chi connectivity index (χ0) is 15.2. The average molecular weight is 311 g/mol. The molecule has 1 aromatic rings. The highest BCUT2D eigenvalue weighted by atomic mass is 35.5. The van der Waals surface area contributed by atoms with Crippen molar-refractivity contribution in [2.45, 2.75) is 12.5 Å². The van der Waals surface area contributed by atoms with Gasteiger partial charge in [0.1, 0.15) is 0 Å². The molecule has 0 bridgehead atoms. The van der Waals surface area contributed by atoms with Gasteiger partial charge in [0.2, 0.25) is 5.91 Å². The largest absolute Gasteiger partial charge is 0.351 e. The molecular weight excluding hydrogens is 292 g/mol. The molecule has 1 aliphatic heterocycles. The monoisotopic (exact) mass is 310 g/mol. The van der Waals surface area contributed by atoms with Crippen LogP contribution in [0.5, 0.6) is 0 Å². The van der Waals surface area contributed by atoms with Gasteiger partial charge >= 0.3 is 6.03 Å². The minimum Gasteiger partial charge on any atom is -0.351 e. The third-order valence-corrected chi connectivity index (χ3v) is 3.85. The van der Waals surface area contributed by atoms with Crippen LogP contribution in [0.2, 0.25) is 5.02 Å². The zero-order valence-electron chi connectivity index (χ0n) is 11.6. The Bertz CT molecular complexity index is 523. The number of carbonyl (C=O) groups excluding carboxylic acids is 2. The molecule has 0 aromatic heterocycles. The van der Waals surface area contributed by atoms with Gasteiger partial charge in [0, 0.05) is 43.7 Å². The van der Waals surface area contributed by atoms with Crippen molar-refractivity contribution >= 4 is 23.5 Å². The first-order chi connectivity index (χ1) is 10.1. The van der Waals surface area contributed by atoms with Gasteiger partial charge in [0.25, 0.3) is 0 Å². The van der Waals surface area contributed by atoms with Crippen LogP contribution in [0.25, 0.3) is 0 Å². The zero-order valence-corrected chi connectivity index (χ0v) is 12.4. The molecule has 1 heterocycles. The summed E-state index contributed by atoms with van der Waals surface area (Å²) in [5, 5.41) is 6.14. The Kier molecular flexibility index (Phi) is 5.55. The molecule has 21 heavy (non-hydrogen) atoms. The Morgan fingerprint density at radius 1 is 1.43 bits per heavy atom. The highest BCUT2D eigenvalue weighted by Crippen LogP contribution is 2.28. The van der Waals surface area contributed by atoms with E-state index in [1.807, 2.05) is 24.3 Å². The summed E-state index contributed by atoms with van der Waals surface area (Å²) in [6.45, 7) is 3.01. The minimum atomic E-state index is -0.817. The van der Waals surface area contributed by atoms with Crippen LogP contribution in [0.1, 0.15) is 18.0 Å². The van der Waals surface area contributed by atoms with E-state index < -0.39 is 6.03 Å². The van der Waals surface area contributed by atoms with Gasteiger partial charge in [-0.1, -0.05) is 29.8 Å². The van der Waals surface area contributed by atoms with Gasteiger partial charge in [0.05, 0.1) is 0 Å². The van der Waals surface area contributed by atoms with E-state index >= 15 is 0 Å². The molecule has 0 radical (unpaired) electrons. The van der Waals surface area contributed by atoms with Crippen LogP contribution < -0.4 is 16.4 Å². The number of nitrogens with zero attached hydrogens (tertiary/aromatic N) is 1. The summed E-state index contributed by atoms with van der Waals surface area (Å²) in [6.07, 6.45) is 0.226. The Morgan fingerprint density at radius 2 is 2.19 bits per heavy atom. The molecule has 6 nitrogen and oxygen atoms in total. The first-order valence-corrected chi connectivity index (χ1v) is 7.24. The highest BCUT2D eigenvalue weighted by molar-refractivity contribution is 6.31. The van der Waals surface area contributed by atoms with E-state index in [1.54, 1.807) is 0 Å². The van der Waals surface area contributed by atoms with Crippen LogP contribution in [-0.4, -0.2) is 43.0 Å². The van der Waals surface area contributed by atoms with Crippen molar-refractivity contribution in [2.75, 3.05) is 26.2 Å². The molecule has 0 spiro atoms. The number of hydrogen-bond acceptors (Lipinski definition) is 4. The molecule has 1 saturated heterocycles. The lowest BCUT2D eigenvalue weighted by Gasteiger charge is -2.36.